The van der Waals surface area contributed by atoms with Crippen LogP contribution in [0.5, 0.6) is 23.0 Å². The number of methoxy groups -OCH3 is 1. The van der Waals surface area contributed by atoms with E-state index in [-0.39, 0.29) is 51.4 Å². The highest BCUT2D eigenvalue weighted by Crippen LogP contribution is 2.47. The zero-order valence-corrected chi connectivity index (χ0v) is 14.4. The van der Waals surface area contributed by atoms with Crippen LogP contribution in [-0.4, -0.2) is 23.3 Å². The van der Waals surface area contributed by atoms with E-state index in [9.17, 15) is 19.8 Å². The fourth-order valence-corrected chi connectivity index (χ4v) is 3.54. The van der Waals surface area contributed by atoms with Gasteiger partial charge in [-0.3, -0.25) is 9.59 Å². The summed E-state index contributed by atoms with van der Waals surface area (Å²) in [5.41, 5.74) is -0.462. The zero-order chi connectivity index (χ0) is 18.8. The standard InChI is InChI=1S/C19H16O7/c1-19(2)7-12(22)25-11-6-10(21)13-15(23)8-4-5-9(20)17(24-3)16(8)26-18(13)14(11)19/h4-6,20-21H,7H2,1-3H3. The fourth-order valence-electron chi connectivity index (χ4n) is 3.54. The number of carbonyl (C=O) groups excluding carboxylic acids is 1. The number of carbonyl (C=O) groups is 1. The molecule has 0 bridgehead atoms. The summed E-state index contributed by atoms with van der Waals surface area (Å²) in [6.07, 6.45) is 0.0960. The van der Waals surface area contributed by atoms with Crippen LogP contribution in [0.2, 0.25) is 0 Å². The van der Waals surface area contributed by atoms with Crippen molar-refractivity contribution in [2.45, 2.75) is 25.7 Å². The highest BCUT2D eigenvalue weighted by Gasteiger charge is 2.38. The van der Waals surface area contributed by atoms with E-state index >= 15 is 0 Å². The number of hydrogen-bond acceptors (Lipinski definition) is 7. The van der Waals surface area contributed by atoms with Crippen LogP contribution >= 0.6 is 0 Å². The van der Waals surface area contributed by atoms with Gasteiger partial charge in [0.05, 0.1) is 18.9 Å². The van der Waals surface area contributed by atoms with Crippen LogP contribution in [0.1, 0.15) is 25.8 Å². The van der Waals surface area contributed by atoms with Gasteiger partial charge in [-0.05, 0) is 12.1 Å². The smallest absolute Gasteiger partial charge is 0.312 e. The molecule has 0 saturated carbocycles. The highest BCUT2D eigenvalue weighted by molar-refractivity contribution is 5.99. The number of esters is 1. The molecule has 2 heterocycles. The number of fused-ring (bicyclic) bond motifs is 4. The van der Waals surface area contributed by atoms with Crippen LogP contribution in [0.25, 0.3) is 21.9 Å². The monoisotopic (exact) mass is 356 g/mol. The van der Waals surface area contributed by atoms with Crippen LogP contribution in [0.4, 0.5) is 0 Å². The van der Waals surface area contributed by atoms with Crippen molar-refractivity contribution in [1.29, 1.82) is 0 Å². The Morgan fingerprint density at radius 1 is 1.12 bits per heavy atom. The second-order valence-corrected chi connectivity index (χ2v) is 6.93. The Bertz CT molecular complexity index is 1150. The molecule has 1 aromatic heterocycles. The van der Waals surface area contributed by atoms with Gasteiger partial charge < -0.3 is 24.1 Å². The summed E-state index contributed by atoms with van der Waals surface area (Å²) in [4.78, 5) is 24.8. The minimum Gasteiger partial charge on any atom is -0.507 e. The zero-order valence-electron chi connectivity index (χ0n) is 14.4. The third kappa shape index (κ3) is 2.06. The van der Waals surface area contributed by atoms with Crippen LogP contribution in [-0.2, 0) is 10.2 Å². The van der Waals surface area contributed by atoms with Gasteiger partial charge in [-0.1, -0.05) is 13.8 Å². The average Bonchev–Trinajstić information content (AvgIpc) is 2.52. The van der Waals surface area contributed by atoms with Gasteiger partial charge >= 0.3 is 5.97 Å². The van der Waals surface area contributed by atoms with Gasteiger partial charge in [0.15, 0.2) is 11.3 Å². The van der Waals surface area contributed by atoms with Crippen LogP contribution in [0.3, 0.4) is 0 Å². The maximum atomic E-state index is 13.0. The van der Waals surface area contributed by atoms with E-state index in [1.807, 2.05) is 13.8 Å². The van der Waals surface area contributed by atoms with E-state index in [1.54, 1.807) is 0 Å². The third-order valence-corrected chi connectivity index (χ3v) is 4.68. The molecule has 0 fully saturated rings. The molecule has 7 nitrogen and oxygen atoms in total. The Hall–Kier alpha value is -3.22. The maximum Gasteiger partial charge on any atom is 0.312 e. The first-order valence-electron chi connectivity index (χ1n) is 7.98. The molecule has 3 aromatic rings. The van der Waals surface area contributed by atoms with Gasteiger partial charge in [-0.2, -0.15) is 0 Å². The topological polar surface area (TPSA) is 106 Å². The fraction of sp³-hybridized carbons (Fsp3) is 0.263. The van der Waals surface area contributed by atoms with Crippen molar-refractivity contribution >= 4 is 27.9 Å². The summed E-state index contributed by atoms with van der Waals surface area (Å²) < 4.78 is 16.4. The summed E-state index contributed by atoms with van der Waals surface area (Å²) in [6, 6.07) is 3.99. The summed E-state index contributed by atoms with van der Waals surface area (Å²) in [5, 5.41) is 20.5. The van der Waals surface area contributed by atoms with Gasteiger partial charge in [0.2, 0.25) is 11.2 Å². The maximum absolute atomic E-state index is 13.0. The second-order valence-electron chi connectivity index (χ2n) is 6.93. The molecule has 0 atom stereocenters. The van der Waals surface area contributed by atoms with E-state index < -0.39 is 16.8 Å². The van der Waals surface area contributed by atoms with Gasteiger partial charge in [0.1, 0.15) is 22.5 Å². The largest absolute Gasteiger partial charge is 0.507 e. The van der Waals surface area contributed by atoms with Gasteiger partial charge in [0.25, 0.3) is 0 Å². The van der Waals surface area contributed by atoms with Crippen molar-refractivity contribution in [3.63, 3.8) is 0 Å². The quantitative estimate of drug-likeness (QED) is 0.392. The molecule has 2 aromatic carbocycles. The Labute approximate surface area is 147 Å². The number of phenols is 2. The van der Waals surface area contributed by atoms with Crippen LogP contribution in [0, 0.1) is 0 Å². The summed E-state index contributed by atoms with van der Waals surface area (Å²) in [7, 11) is 1.35. The van der Waals surface area contributed by atoms with E-state index in [0.717, 1.165) is 0 Å². The molecule has 0 aliphatic carbocycles. The normalized spacial score (nSPS) is 15.7. The van der Waals surface area contributed by atoms with Gasteiger partial charge in [-0.25, -0.2) is 0 Å². The van der Waals surface area contributed by atoms with Crippen LogP contribution < -0.4 is 14.9 Å². The lowest BCUT2D eigenvalue weighted by molar-refractivity contribution is -0.136. The molecule has 0 spiro atoms. The van der Waals surface area contributed by atoms with Crippen LogP contribution in [0.15, 0.2) is 27.4 Å². The molecule has 26 heavy (non-hydrogen) atoms. The molecule has 0 radical (unpaired) electrons. The molecule has 7 heteroatoms. The number of rotatable bonds is 1. The van der Waals surface area contributed by atoms with Crippen molar-refractivity contribution in [3.8, 4) is 23.0 Å². The SMILES string of the molecule is COc1c(O)ccc2c(=O)c3c(O)cc4c(c3oc12)C(C)(C)CC(=O)O4. The van der Waals surface area contributed by atoms with Crippen molar-refractivity contribution in [2.24, 2.45) is 0 Å². The lowest BCUT2D eigenvalue weighted by atomic mass is 9.78. The summed E-state index contributed by atoms with van der Waals surface area (Å²) >= 11 is 0. The molecular formula is C19H16O7. The first kappa shape index (κ1) is 16.3. The average molecular weight is 356 g/mol. The van der Waals surface area contributed by atoms with Crippen molar-refractivity contribution in [1.82, 2.24) is 0 Å². The number of phenolic OH excluding ortho intramolecular Hbond substituents is 2. The van der Waals surface area contributed by atoms with Gasteiger partial charge in [0, 0.05) is 17.0 Å². The molecule has 134 valence electrons. The highest BCUT2D eigenvalue weighted by atomic mass is 16.5. The lowest BCUT2D eigenvalue weighted by Gasteiger charge is -2.31. The molecule has 0 saturated heterocycles. The number of hydrogen-bond donors (Lipinski definition) is 2. The summed E-state index contributed by atoms with van der Waals surface area (Å²) in [5.74, 6) is -0.782. The molecular weight excluding hydrogens is 340 g/mol. The Morgan fingerprint density at radius 3 is 2.54 bits per heavy atom. The Morgan fingerprint density at radius 2 is 1.85 bits per heavy atom. The number of ether oxygens (including phenoxy) is 2. The van der Waals surface area contributed by atoms with Crippen molar-refractivity contribution in [3.05, 3.63) is 34.0 Å². The lowest BCUT2D eigenvalue weighted by Crippen LogP contribution is -2.31. The first-order chi connectivity index (χ1) is 12.2. The predicted molar refractivity (Wildman–Crippen MR) is 93.1 cm³/mol. The van der Waals surface area contributed by atoms with E-state index in [1.165, 1.54) is 25.3 Å². The van der Waals surface area contributed by atoms with E-state index in [4.69, 9.17) is 13.9 Å². The third-order valence-electron chi connectivity index (χ3n) is 4.68. The predicted octanol–water partition coefficient (Wildman–Crippen LogP) is 2.95. The van der Waals surface area contributed by atoms with E-state index in [0.29, 0.717) is 5.56 Å². The molecule has 1 aliphatic rings. The Balaban J connectivity index is 2.27. The van der Waals surface area contributed by atoms with Crippen molar-refractivity contribution < 1.29 is 28.9 Å². The van der Waals surface area contributed by atoms with Gasteiger partial charge in [-0.15, -0.1) is 0 Å². The first-order valence-corrected chi connectivity index (χ1v) is 7.98. The minimum atomic E-state index is -0.676. The number of aromatic hydroxyl groups is 2. The molecule has 2 N–H and O–H groups in total. The van der Waals surface area contributed by atoms with Crippen molar-refractivity contribution in [2.75, 3.05) is 7.11 Å². The molecule has 0 amide bonds. The summed E-state index contributed by atoms with van der Waals surface area (Å²) in [6.45, 7) is 3.65. The second kappa shape index (κ2) is 5.14. The molecule has 4 rings (SSSR count). The molecule has 1 aliphatic heterocycles. The van der Waals surface area contributed by atoms with E-state index in [2.05, 4.69) is 0 Å². The minimum absolute atomic E-state index is 0.00461. The number of benzene rings is 2. The Kier molecular flexibility index (Phi) is 3.21. The molecule has 0 unspecified atom stereocenters.